The normalized spacial score (nSPS) is 9.66. The van der Waals surface area contributed by atoms with Crippen molar-refractivity contribution in [3.63, 3.8) is 0 Å². The Balaban J connectivity index is 1.06. The third-order valence-corrected chi connectivity index (χ3v) is 7.67. The van der Waals surface area contributed by atoms with E-state index in [0.717, 1.165) is 44.9 Å². The van der Waals surface area contributed by atoms with Crippen molar-refractivity contribution in [1.29, 1.82) is 0 Å². The van der Waals surface area contributed by atoms with E-state index in [1.165, 1.54) is 24.3 Å². The number of carbonyl (C=O) groups excluding carboxylic acids is 2. The second kappa shape index (κ2) is 21.2. The summed E-state index contributed by atoms with van der Waals surface area (Å²) in [5.74, 6) is 22.2. The van der Waals surface area contributed by atoms with Crippen molar-refractivity contribution in [2.45, 2.75) is 57.8 Å². The van der Waals surface area contributed by atoms with Gasteiger partial charge in [-0.25, -0.2) is 0 Å². The summed E-state index contributed by atoms with van der Waals surface area (Å²) in [7, 11) is 0. The zero-order chi connectivity index (χ0) is 37.7. The number of nitro benzene ring substituents is 2. The molecular weight excluding hydrogens is 668 g/mol. The maximum atomic E-state index is 12.5. The molecule has 4 aromatic carbocycles. The molecule has 0 atom stereocenters. The van der Waals surface area contributed by atoms with Gasteiger partial charge >= 0.3 is 0 Å². The Hall–Kier alpha value is -7.14. The quantitative estimate of drug-likeness (QED) is 0.0584. The zero-order valence-corrected chi connectivity index (χ0v) is 28.9. The minimum Gasteiger partial charge on any atom is -0.326 e. The van der Waals surface area contributed by atoms with E-state index in [1.54, 1.807) is 60.7 Å². The van der Waals surface area contributed by atoms with Crippen LogP contribution >= 0.6 is 0 Å². The van der Waals surface area contributed by atoms with Gasteiger partial charge in [-0.05, 0) is 85.1 Å². The van der Waals surface area contributed by atoms with Crippen LogP contribution in [-0.2, 0) is 9.59 Å². The number of non-ortho nitro benzene ring substituents is 2. The fourth-order valence-corrected chi connectivity index (χ4v) is 5.06. The van der Waals surface area contributed by atoms with Crippen LogP contribution in [0.25, 0.3) is 0 Å². The van der Waals surface area contributed by atoms with Crippen molar-refractivity contribution in [3.05, 3.63) is 140 Å². The molecule has 0 saturated heterocycles. The van der Waals surface area contributed by atoms with Crippen LogP contribution in [0.4, 0.5) is 22.7 Å². The molecule has 264 valence electrons. The Morgan fingerprint density at radius 2 is 0.792 bits per heavy atom. The Bertz CT molecular complexity index is 2060. The molecule has 0 heterocycles. The van der Waals surface area contributed by atoms with Crippen molar-refractivity contribution in [3.8, 4) is 47.4 Å². The molecule has 0 unspecified atom stereocenters. The summed E-state index contributed by atoms with van der Waals surface area (Å²) in [5, 5.41) is 27.6. The number of nitrogens with zero attached hydrogens (tertiary/aromatic N) is 2. The molecule has 10 heteroatoms. The lowest BCUT2D eigenvalue weighted by Gasteiger charge is -2.06. The maximum Gasteiger partial charge on any atom is 0.270 e. The predicted molar refractivity (Wildman–Crippen MR) is 205 cm³/mol. The second-order valence-electron chi connectivity index (χ2n) is 11.8. The average Bonchev–Trinajstić information content (AvgIpc) is 3.15. The number of carbonyl (C=O) groups is 2. The van der Waals surface area contributed by atoms with E-state index in [4.69, 9.17) is 0 Å². The smallest absolute Gasteiger partial charge is 0.270 e. The van der Waals surface area contributed by atoms with Gasteiger partial charge < -0.3 is 10.6 Å². The Kier molecular flexibility index (Phi) is 15.4. The van der Waals surface area contributed by atoms with Gasteiger partial charge in [0.15, 0.2) is 0 Å². The van der Waals surface area contributed by atoms with E-state index in [-0.39, 0.29) is 23.2 Å². The predicted octanol–water partition coefficient (Wildman–Crippen LogP) is 8.40. The molecule has 0 aliphatic heterocycles. The molecule has 0 fully saturated rings. The topological polar surface area (TPSA) is 144 Å². The van der Waals surface area contributed by atoms with Gasteiger partial charge in [0, 0.05) is 70.7 Å². The van der Waals surface area contributed by atoms with Crippen molar-refractivity contribution in [2.75, 3.05) is 10.6 Å². The number of amides is 2. The number of benzene rings is 4. The minimum atomic E-state index is -0.470. The fraction of sp³-hybridized carbons (Fsp3) is 0.209. The van der Waals surface area contributed by atoms with E-state index >= 15 is 0 Å². The van der Waals surface area contributed by atoms with Gasteiger partial charge in [-0.3, -0.25) is 29.8 Å². The van der Waals surface area contributed by atoms with Gasteiger partial charge in [-0.15, -0.1) is 0 Å². The van der Waals surface area contributed by atoms with Crippen LogP contribution in [0.5, 0.6) is 0 Å². The minimum absolute atomic E-state index is 0.0272. The number of unbranched alkanes of at least 4 members (excludes halogenated alkanes) is 6. The second-order valence-corrected chi connectivity index (χ2v) is 11.8. The van der Waals surface area contributed by atoms with Gasteiger partial charge in [-0.1, -0.05) is 80.1 Å². The van der Waals surface area contributed by atoms with E-state index in [2.05, 4.69) is 58.0 Å². The highest BCUT2D eigenvalue weighted by atomic mass is 16.6. The highest BCUT2D eigenvalue weighted by Crippen LogP contribution is 2.16. The van der Waals surface area contributed by atoms with Crippen molar-refractivity contribution >= 4 is 34.6 Å². The van der Waals surface area contributed by atoms with Gasteiger partial charge in [0.2, 0.25) is 11.8 Å². The lowest BCUT2D eigenvalue weighted by molar-refractivity contribution is -0.385. The maximum absolute atomic E-state index is 12.5. The standard InChI is InChI=1S/C43H36N4O6/c48-42(44-38-24-12-20-34(30-38)16-8-10-18-36-22-14-26-40(32-36)46(50)51)28-6-4-2-1-3-5-7-29-43(49)45-39-25-13-21-35(31-39)17-9-11-19-37-23-15-27-41(33-37)47(52)53/h12-15,20-27,30-33H,1-7,28-29H2,(H,44,48)(H,45,49). The molecule has 0 aliphatic rings. The third-order valence-electron chi connectivity index (χ3n) is 7.67. The Labute approximate surface area is 308 Å². The first-order valence-corrected chi connectivity index (χ1v) is 17.1. The summed E-state index contributed by atoms with van der Waals surface area (Å²) in [4.78, 5) is 45.8. The summed E-state index contributed by atoms with van der Waals surface area (Å²) in [6, 6.07) is 26.5. The SMILES string of the molecule is O=C(CCCCCCCCCC(=O)Nc1cccc(C#CC#Cc2cccc([N+](=O)[O-])c2)c1)Nc1cccc(C#CC#Cc2cccc([N+](=O)[O-])c2)c1. The third kappa shape index (κ3) is 14.7. The van der Waals surface area contributed by atoms with Crippen molar-refractivity contribution in [1.82, 2.24) is 0 Å². The van der Waals surface area contributed by atoms with E-state index in [9.17, 15) is 29.8 Å². The lowest BCUT2D eigenvalue weighted by Crippen LogP contribution is -2.11. The van der Waals surface area contributed by atoms with Crippen LogP contribution in [0.1, 0.15) is 80.0 Å². The molecule has 0 radical (unpaired) electrons. The van der Waals surface area contributed by atoms with Gasteiger partial charge in [-0.2, -0.15) is 0 Å². The molecule has 0 aromatic heterocycles. The monoisotopic (exact) mass is 704 g/mol. The number of hydrogen-bond donors (Lipinski definition) is 2. The number of rotatable bonds is 14. The van der Waals surface area contributed by atoms with Gasteiger partial charge in [0.25, 0.3) is 11.4 Å². The molecular formula is C43H36N4O6. The summed E-state index contributed by atoms with van der Waals surface area (Å²) in [6.07, 6.45) is 7.39. The van der Waals surface area contributed by atoms with Crippen LogP contribution in [0, 0.1) is 67.6 Å². The lowest BCUT2D eigenvalue weighted by atomic mass is 10.1. The molecule has 0 spiro atoms. The number of anilines is 2. The molecule has 0 bridgehead atoms. The number of nitrogens with one attached hydrogen (secondary N) is 2. The summed E-state index contributed by atoms with van der Waals surface area (Å²) < 4.78 is 0. The number of nitro groups is 2. The Morgan fingerprint density at radius 1 is 0.472 bits per heavy atom. The van der Waals surface area contributed by atoms with Gasteiger partial charge in [0.1, 0.15) is 0 Å². The molecule has 0 aliphatic carbocycles. The van der Waals surface area contributed by atoms with Crippen LogP contribution in [0.2, 0.25) is 0 Å². The van der Waals surface area contributed by atoms with Gasteiger partial charge in [0.05, 0.1) is 9.85 Å². The van der Waals surface area contributed by atoms with E-state index < -0.39 is 9.85 Å². The largest absolute Gasteiger partial charge is 0.326 e. The first-order chi connectivity index (χ1) is 25.7. The van der Waals surface area contributed by atoms with Crippen LogP contribution in [0.15, 0.2) is 97.1 Å². The molecule has 0 saturated carbocycles. The molecule has 2 N–H and O–H groups in total. The summed E-state index contributed by atoms with van der Waals surface area (Å²) >= 11 is 0. The molecule has 4 rings (SSSR count). The zero-order valence-electron chi connectivity index (χ0n) is 28.9. The number of hydrogen-bond acceptors (Lipinski definition) is 6. The van der Waals surface area contributed by atoms with Crippen LogP contribution in [0.3, 0.4) is 0 Å². The van der Waals surface area contributed by atoms with Crippen LogP contribution in [-0.4, -0.2) is 21.7 Å². The highest BCUT2D eigenvalue weighted by Gasteiger charge is 2.06. The fourth-order valence-electron chi connectivity index (χ4n) is 5.06. The summed E-state index contributed by atoms with van der Waals surface area (Å²) in [5.41, 5.74) is 3.64. The van der Waals surface area contributed by atoms with E-state index in [0.29, 0.717) is 46.5 Å². The first-order valence-electron chi connectivity index (χ1n) is 17.1. The molecule has 10 nitrogen and oxygen atoms in total. The Morgan fingerprint density at radius 3 is 1.15 bits per heavy atom. The van der Waals surface area contributed by atoms with Crippen LogP contribution < -0.4 is 10.6 Å². The molecule has 53 heavy (non-hydrogen) atoms. The molecule has 4 aromatic rings. The average molecular weight is 705 g/mol. The highest BCUT2D eigenvalue weighted by molar-refractivity contribution is 5.91. The first kappa shape index (κ1) is 38.7. The van der Waals surface area contributed by atoms with Crippen molar-refractivity contribution < 1.29 is 19.4 Å². The molecule has 2 amide bonds. The summed E-state index contributed by atoms with van der Waals surface area (Å²) in [6.45, 7) is 0. The van der Waals surface area contributed by atoms with E-state index in [1.807, 2.05) is 12.1 Å². The van der Waals surface area contributed by atoms with Crippen molar-refractivity contribution in [2.24, 2.45) is 0 Å².